The molecule has 2 rings (SSSR count). The lowest BCUT2D eigenvalue weighted by Crippen LogP contribution is -1.95. The van der Waals surface area contributed by atoms with Crippen molar-refractivity contribution in [3.8, 4) is 0 Å². The Morgan fingerprint density at radius 2 is 2.00 bits per heavy atom. The second-order valence-corrected chi connectivity index (χ2v) is 4.56. The molecule has 0 fully saturated rings. The normalized spacial score (nSPS) is 10.2. The third kappa shape index (κ3) is 2.95. The fourth-order valence-electron chi connectivity index (χ4n) is 1.88. The number of hydrogen-bond acceptors (Lipinski definition) is 1. The number of halogens is 1. The molecule has 0 aliphatic rings. The number of carbonyl (C=O) groups is 1. The zero-order chi connectivity index (χ0) is 12.3. The summed E-state index contributed by atoms with van der Waals surface area (Å²) in [5.74, 6) is 0. The second kappa shape index (κ2) is 5.15. The summed E-state index contributed by atoms with van der Waals surface area (Å²) in [7, 11) is 0. The molecule has 2 aromatic rings. The van der Waals surface area contributed by atoms with Crippen LogP contribution < -0.4 is 0 Å². The molecule has 0 atom stereocenters. The molecule has 1 nitrogen and oxygen atoms in total. The summed E-state index contributed by atoms with van der Waals surface area (Å²) in [5, 5.41) is 0.665. The molecule has 0 saturated heterocycles. The van der Waals surface area contributed by atoms with Crippen LogP contribution in [0.5, 0.6) is 0 Å². The van der Waals surface area contributed by atoms with Crippen molar-refractivity contribution in [2.45, 2.75) is 13.3 Å². The van der Waals surface area contributed by atoms with E-state index in [4.69, 9.17) is 11.6 Å². The Morgan fingerprint density at radius 3 is 2.71 bits per heavy atom. The smallest absolute Gasteiger partial charge is 0.150 e. The molecule has 0 aliphatic carbocycles. The van der Waals surface area contributed by atoms with Gasteiger partial charge >= 0.3 is 0 Å². The van der Waals surface area contributed by atoms with Crippen molar-refractivity contribution >= 4 is 17.9 Å². The van der Waals surface area contributed by atoms with E-state index in [0.717, 1.165) is 18.3 Å². The van der Waals surface area contributed by atoms with E-state index < -0.39 is 0 Å². The Labute approximate surface area is 106 Å². The number of carbonyl (C=O) groups excluding carboxylic acids is 1. The maximum atomic E-state index is 11.0. The maximum Gasteiger partial charge on any atom is 0.150 e. The predicted molar refractivity (Wildman–Crippen MR) is 70.8 cm³/mol. The van der Waals surface area contributed by atoms with Crippen LogP contribution in [-0.4, -0.2) is 6.29 Å². The highest BCUT2D eigenvalue weighted by molar-refractivity contribution is 6.30. The van der Waals surface area contributed by atoms with Crippen LogP contribution in [0.25, 0.3) is 0 Å². The van der Waals surface area contributed by atoms with Gasteiger partial charge in [-0.25, -0.2) is 0 Å². The van der Waals surface area contributed by atoms with Crippen molar-refractivity contribution in [2.75, 3.05) is 0 Å². The number of aldehydes is 1. The van der Waals surface area contributed by atoms with E-state index in [1.165, 1.54) is 11.1 Å². The zero-order valence-electron chi connectivity index (χ0n) is 9.61. The van der Waals surface area contributed by atoms with Gasteiger partial charge in [-0.05, 0) is 42.7 Å². The lowest BCUT2D eigenvalue weighted by Gasteiger charge is -2.06. The lowest BCUT2D eigenvalue weighted by molar-refractivity contribution is 0.112. The quantitative estimate of drug-likeness (QED) is 0.745. The van der Waals surface area contributed by atoms with Gasteiger partial charge in [0.25, 0.3) is 0 Å². The minimum absolute atomic E-state index is 0.665. The third-order valence-electron chi connectivity index (χ3n) is 2.71. The van der Waals surface area contributed by atoms with Crippen LogP contribution in [0, 0.1) is 6.92 Å². The van der Waals surface area contributed by atoms with Crippen LogP contribution in [0.3, 0.4) is 0 Å². The van der Waals surface area contributed by atoms with Gasteiger partial charge in [0.05, 0.1) is 0 Å². The van der Waals surface area contributed by atoms with Crippen molar-refractivity contribution in [1.82, 2.24) is 0 Å². The van der Waals surface area contributed by atoms with E-state index in [0.29, 0.717) is 10.6 Å². The van der Waals surface area contributed by atoms with Crippen molar-refractivity contribution in [2.24, 2.45) is 0 Å². The molecule has 0 unspecified atom stereocenters. The van der Waals surface area contributed by atoms with Gasteiger partial charge in [0, 0.05) is 10.6 Å². The molecule has 0 amide bonds. The Kier molecular flexibility index (Phi) is 3.60. The summed E-state index contributed by atoms with van der Waals surface area (Å²) in [6.45, 7) is 2.06. The Bertz CT molecular complexity index is 546. The van der Waals surface area contributed by atoms with Crippen LogP contribution in [-0.2, 0) is 6.42 Å². The van der Waals surface area contributed by atoms with Crippen LogP contribution in [0.1, 0.15) is 27.0 Å². The first kappa shape index (κ1) is 11.9. The van der Waals surface area contributed by atoms with Crippen molar-refractivity contribution < 1.29 is 4.79 Å². The summed E-state index contributed by atoms with van der Waals surface area (Å²) in [5.41, 5.74) is 4.08. The summed E-state index contributed by atoms with van der Waals surface area (Å²) in [6, 6.07) is 13.6. The lowest BCUT2D eigenvalue weighted by atomic mass is 9.99. The first-order valence-electron chi connectivity index (χ1n) is 5.48. The molecule has 17 heavy (non-hydrogen) atoms. The molecule has 0 spiro atoms. The van der Waals surface area contributed by atoms with Crippen molar-refractivity contribution in [3.63, 3.8) is 0 Å². The van der Waals surface area contributed by atoms with Gasteiger partial charge in [-0.1, -0.05) is 41.4 Å². The maximum absolute atomic E-state index is 11.0. The minimum atomic E-state index is 0.665. The molecule has 0 saturated carbocycles. The predicted octanol–water partition coefficient (Wildman–Crippen LogP) is 4.05. The van der Waals surface area contributed by atoms with Gasteiger partial charge in [0.15, 0.2) is 0 Å². The van der Waals surface area contributed by atoms with Crippen LogP contribution in [0.2, 0.25) is 5.02 Å². The van der Waals surface area contributed by atoms with Gasteiger partial charge < -0.3 is 0 Å². The largest absolute Gasteiger partial charge is 0.298 e. The highest BCUT2D eigenvalue weighted by atomic mass is 35.5. The number of aryl methyl sites for hydroxylation is 1. The topological polar surface area (TPSA) is 17.1 Å². The molecule has 2 heteroatoms. The van der Waals surface area contributed by atoms with Gasteiger partial charge in [-0.15, -0.1) is 0 Å². The van der Waals surface area contributed by atoms with Gasteiger partial charge in [-0.2, -0.15) is 0 Å². The highest BCUT2D eigenvalue weighted by Gasteiger charge is 2.04. The Morgan fingerprint density at radius 1 is 1.18 bits per heavy atom. The first-order chi connectivity index (χ1) is 8.19. The van der Waals surface area contributed by atoms with E-state index in [1.807, 2.05) is 12.1 Å². The summed E-state index contributed by atoms with van der Waals surface area (Å²) in [6.07, 6.45) is 1.61. The molecule has 0 radical (unpaired) electrons. The molecule has 0 heterocycles. The molecule has 86 valence electrons. The standard InChI is InChI=1S/C15H13ClO/c1-11-3-2-4-12(7-11)8-14-9-15(16)6-5-13(14)10-17/h2-7,9-10H,8H2,1H3. The van der Waals surface area contributed by atoms with Crippen LogP contribution in [0.4, 0.5) is 0 Å². The molecule has 0 aromatic heterocycles. The highest BCUT2D eigenvalue weighted by Crippen LogP contribution is 2.18. The SMILES string of the molecule is Cc1cccc(Cc2cc(Cl)ccc2C=O)c1. The number of hydrogen-bond donors (Lipinski definition) is 0. The second-order valence-electron chi connectivity index (χ2n) is 4.13. The summed E-state index contributed by atoms with van der Waals surface area (Å²) < 4.78 is 0. The molecular weight excluding hydrogens is 232 g/mol. The van der Waals surface area contributed by atoms with Crippen molar-refractivity contribution in [3.05, 3.63) is 69.7 Å². The van der Waals surface area contributed by atoms with Gasteiger partial charge in [0.1, 0.15) is 6.29 Å². The number of benzene rings is 2. The van der Waals surface area contributed by atoms with E-state index >= 15 is 0 Å². The van der Waals surface area contributed by atoms with E-state index in [-0.39, 0.29) is 0 Å². The molecule has 0 N–H and O–H groups in total. The van der Waals surface area contributed by atoms with Crippen molar-refractivity contribution in [1.29, 1.82) is 0 Å². The minimum Gasteiger partial charge on any atom is -0.298 e. The van der Waals surface area contributed by atoms with Crippen LogP contribution in [0.15, 0.2) is 42.5 Å². The zero-order valence-corrected chi connectivity index (χ0v) is 10.4. The molecule has 0 aliphatic heterocycles. The van der Waals surface area contributed by atoms with Gasteiger partial charge in [0.2, 0.25) is 0 Å². The Balaban J connectivity index is 2.35. The number of rotatable bonds is 3. The van der Waals surface area contributed by atoms with Gasteiger partial charge in [-0.3, -0.25) is 4.79 Å². The first-order valence-corrected chi connectivity index (χ1v) is 5.86. The third-order valence-corrected chi connectivity index (χ3v) is 2.94. The fraction of sp³-hybridized carbons (Fsp3) is 0.133. The molecule has 2 aromatic carbocycles. The molecule has 0 bridgehead atoms. The van der Waals surface area contributed by atoms with E-state index in [2.05, 4.69) is 25.1 Å². The van der Waals surface area contributed by atoms with E-state index in [9.17, 15) is 4.79 Å². The summed E-state index contributed by atoms with van der Waals surface area (Å²) >= 11 is 5.96. The fourth-order valence-corrected chi connectivity index (χ4v) is 2.08. The van der Waals surface area contributed by atoms with Crippen LogP contribution >= 0.6 is 11.6 Å². The monoisotopic (exact) mass is 244 g/mol. The van der Waals surface area contributed by atoms with E-state index in [1.54, 1.807) is 12.1 Å². The molecular formula is C15H13ClO. The summed E-state index contributed by atoms with van der Waals surface area (Å²) in [4.78, 5) is 11.0. The Hall–Kier alpha value is -1.60. The average molecular weight is 245 g/mol. The average Bonchev–Trinajstić information content (AvgIpc) is 2.29.